The van der Waals surface area contributed by atoms with Crippen LogP contribution < -0.4 is 15.4 Å². The lowest BCUT2D eigenvalue weighted by molar-refractivity contribution is 0.0819. The van der Waals surface area contributed by atoms with Crippen molar-refractivity contribution in [3.8, 4) is 17.1 Å². The summed E-state index contributed by atoms with van der Waals surface area (Å²) >= 11 is 0. The fourth-order valence-electron chi connectivity index (χ4n) is 3.28. The molecule has 1 aliphatic heterocycles. The Labute approximate surface area is 168 Å². The van der Waals surface area contributed by atoms with Crippen LogP contribution in [0.25, 0.3) is 17.0 Å². The van der Waals surface area contributed by atoms with Gasteiger partial charge in [0.2, 0.25) is 0 Å². The zero-order valence-corrected chi connectivity index (χ0v) is 15.6. The van der Waals surface area contributed by atoms with Crippen molar-refractivity contribution in [3.05, 3.63) is 42.2 Å². The normalized spacial score (nSPS) is 19.4. The second-order valence-corrected chi connectivity index (χ2v) is 6.85. The van der Waals surface area contributed by atoms with Crippen LogP contribution in [0, 0.1) is 11.6 Å². The van der Waals surface area contributed by atoms with E-state index in [0.717, 1.165) is 0 Å². The van der Waals surface area contributed by atoms with E-state index in [1.54, 1.807) is 0 Å². The summed E-state index contributed by atoms with van der Waals surface area (Å²) in [6, 6.07) is 2.81. The fourth-order valence-corrected chi connectivity index (χ4v) is 3.28. The molecule has 1 fully saturated rings. The van der Waals surface area contributed by atoms with Crippen molar-refractivity contribution in [2.45, 2.75) is 25.1 Å². The second kappa shape index (κ2) is 8.42. The van der Waals surface area contributed by atoms with Gasteiger partial charge in [0.15, 0.2) is 17.5 Å². The van der Waals surface area contributed by atoms with E-state index < -0.39 is 36.9 Å². The Hall–Kier alpha value is -2.95. The molecule has 6 nitrogen and oxygen atoms in total. The van der Waals surface area contributed by atoms with Gasteiger partial charge in [0.05, 0.1) is 17.9 Å². The van der Waals surface area contributed by atoms with E-state index in [9.17, 15) is 22.0 Å². The Morgan fingerprint density at radius 2 is 2.10 bits per heavy atom. The first-order valence-electron chi connectivity index (χ1n) is 9.28. The monoisotopic (exact) mass is 427 g/mol. The number of hydrogen-bond acceptors (Lipinski definition) is 5. The van der Waals surface area contributed by atoms with Gasteiger partial charge in [0, 0.05) is 24.9 Å². The van der Waals surface area contributed by atoms with Crippen LogP contribution in [-0.4, -0.2) is 52.7 Å². The summed E-state index contributed by atoms with van der Waals surface area (Å²) < 4.78 is 73.9. The van der Waals surface area contributed by atoms with Crippen LogP contribution in [0.15, 0.2) is 30.6 Å². The first-order chi connectivity index (χ1) is 14.4. The van der Waals surface area contributed by atoms with Gasteiger partial charge in [-0.25, -0.2) is 31.9 Å². The first-order valence-corrected chi connectivity index (χ1v) is 9.28. The molecule has 4 rings (SSSR count). The van der Waals surface area contributed by atoms with E-state index in [0.29, 0.717) is 18.3 Å². The van der Waals surface area contributed by atoms with E-state index in [1.807, 2.05) is 0 Å². The molecule has 0 aliphatic carbocycles. The van der Waals surface area contributed by atoms with Crippen molar-refractivity contribution in [2.24, 2.45) is 0 Å². The van der Waals surface area contributed by atoms with Gasteiger partial charge in [0.1, 0.15) is 29.9 Å². The zero-order valence-electron chi connectivity index (χ0n) is 15.6. The van der Waals surface area contributed by atoms with Crippen LogP contribution in [0.4, 0.5) is 27.8 Å². The van der Waals surface area contributed by atoms with Crippen molar-refractivity contribution in [3.63, 3.8) is 0 Å². The standard InChI is InChI=1S/C19H18F5N5O/c20-11-1-3-25-7-14(11)27-19-13(22)6-12(21)18(28-19)15-8-26-17-5-10(2-4-29(15)17)30-9-16(23)24/h2,4-6,8,11,14,16,25H,1,3,7,9H2,(H,27,28)/t11-,14-/m1/s1. The van der Waals surface area contributed by atoms with Crippen LogP contribution in [0.1, 0.15) is 6.42 Å². The maximum Gasteiger partial charge on any atom is 0.272 e. The third-order valence-corrected chi connectivity index (χ3v) is 4.75. The van der Waals surface area contributed by atoms with E-state index in [4.69, 9.17) is 4.74 Å². The number of fused-ring (bicyclic) bond motifs is 1. The number of rotatable bonds is 6. The van der Waals surface area contributed by atoms with E-state index >= 15 is 0 Å². The molecule has 0 amide bonds. The van der Waals surface area contributed by atoms with E-state index in [-0.39, 0.29) is 35.9 Å². The molecule has 1 aliphatic rings. The summed E-state index contributed by atoms with van der Waals surface area (Å²) in [4.78, 5) is 8.14. The maximum absolute atomic E-state index is 14.5. The predicted octanol–water partition coefficient (Wildman–Crippen LogP) is 3.43. The molecule has 11 heteroatoms. The minimum atomic E-state index is -2.62. The second-order valence-electron chi connectivity index (χ2n) is 6.85. The summed E-state index contributed by atoms with van der Waals surface area (Å²) in [5, 5.41) is 5.71. The topological polar surface area (TPSA) is 63.5 Å². The number of alkyl halides is 3. The average Bonchev–Trinajstić information content (AvgIpc) is 3.13. The molecule has 30 heavy (non-hydrogen) atoms. The Morgan fingerprint density at radius 3 is 2.87 bits per heavy atom. The highest BCUT2D eigenvalue weighted by molar-refractivity contribution is 5.63. The lowest BCUT2D eigenvalue weighted by Crippen LogP contribution is -2.46. The molecule has 4 heterocycles. The molecule has 3 aromatic heterocycles. The number of anilines is 1. The molecule has 0 unspecified atom stereocenters. The van der Waals surface area contributed by atoms with Crippen molar-refractivity contribution in [1.82, 2.24) is 19.7 Å². The molecule has 160 valence electrons. The lowest BCUT2D eigenvalue weighted by Gasteiger charge is -2.28. The highest BCUT2D eigenvalue weighted by atomic mass is 19.3. The molecular formula is C19H18F5N5O. The highest BCUT2D eigenvalue weighted by Gasteiger charge is 2.26. The molecule has 2 N–H and O–H groups in total. The average molecular weight is 427 g/mol. The number of hydrogen-bond donors (Lipinski definition) is 2. The molecule has 0 aromatic carbocycles. The van der Waals surface area contributed by atoms with Gasteiger partial charge in [-0.05, 0) is 19.0 Å². The van der Waals surface area contributed by atoms with E-state index in [2.05, 4.69) is 20.6 Å². The van der Waals surface area contributed by atoms with Gasteiger partial charge in [-0.2, -0.15) is 0 Å². The molecule has 3 aromatic rings. The van der Waals surface area contributed by atoms with Gasteiger partial charge in [0.25, 0.3) is 6.43 Å². The minimum Gasteiger partial charge on any atom is -0.487 e. The number of imidazole rings is 1. The Morgan fingerprint density at radius 1 is 1.27 bits per heavy atom. The quantitative estimate of drug-likeness (QED) is 0.591. The lowest BCUT2D eigenvalue weighted by atomic mass is 10.1. The van der Waals surface area contributed by atoms with Crippen LogP contribution >= 0.6 is 0 Å². The smallest absolute Gasteiger partial charge is 0.272 e. The largest absolute Gasteiger partial charge is 0.487 e. The number of nitrogens with zero attached hydrogens (tertiary/aromatic N) is 3. The predicted molar refractivity (Wildman–Crippen MR) is 99.6 cm³/mol. The fraction of sp³-hybridized carbons (Fsp3) is 0.368. The maximum atomic E-state index is 14.5. The summed E-state index contributed by atoms with van der Waals surface area (Å²) in [5.74, 6) is -1.95. The molecule has 0 bridgehead atoms. The number of nitrogens with one attached hydrogen (secondary N) is 2. The molecular weight excluding hydrogens is 409 g/mol. The summed E-state index contributed by atoms with van der Waals surface area (Å²) in [7, 11) is 0. The van der Waals surface area contributed by atoms with Crippen molar-refractivity contribution in [2.75, 3.05) is 25.0 Å². The molecule has 0 saturated carbocycles. The van der Waals surface area contributed by atoms with Crippen LogP contribution in [-0.2, 0) is 0 Å². The van der Waals surface area contributed by atoms with E-state index in [1.165, 1.54) is 28.9 Å². The van der Waals surface area contributed by atoms with Gasteiger partial charge in [-0.3, -0.25) is 4.40 Å². The molecule has 1 saturated heterocycles. The Balaban J connectivity index is 1.65. The summed E-state index contributed by atoms with van der Waals surface area (Å²) in [6.45, 7) is 0.0409. The Kier molecular flexibility index (Phi) is 5.71. The number of piperidine rings is 1. The zero-order chi connectivity index (χ0) is 21.3. The van der Waals surface area contributed by atoms with Crippen LogP contribution in [0.2, 0.25) is 0 Å². The first kappa shape index (κ1) is 20.3. The minimum absolute atomic E-state index is 0.175. The van der Waals surface area contributed by atoms with Crippen molar-refractivity contribution in [1.29, 1.82) is 0 Å². The molecule has 0 radical (unpaired) electrons. The SMILES string of the molecule is Fc1cc(F)c(-c2cnc3cc(OCC(F)F)ccn23)nc1N[C@@H]1CNCC[C@H]1F. The number of aromatic nitrogens is 3. The van der Waals surface area contributed by atoms with Crippen molar-refractivity contribution < 1.29 is 26.7 Å². The van der Waals surface area contributed by atoms with Crippen LogP contribution in [0.3, 0.4) is 0 Å². The third kappa shape index (κ3) is 4.16. The van der Waals surface area contributed by atoms with Gasteiger partial charge in [-0.1, -0.05) is 0 Å². The highest BCUT2D eigenvalue weighted by Crippen LogP contribution is 2.28. The number of pyridine rings is 2. The summed E-state index contributed by atoms with van der Waals surface area (Å²) in [6.07, 6.45) is -0.763. The van der Waals surface area contributed by atoms with Gasteiger partial charge >= 0.3 is 0 Å². The molecule has 0 spiro atoms. The van der Waals surface area contributed by atoms with Gasteiger partial charge < -0.3 is 15.4 Å². The van der Waals surface area contributed by atoms with Crippen molar-refractivity contribution >= 4 is 11.5 Å². The number of ether oxygens (including phenoxy) is 1. The summed E-state index contributed by atoms with van der Waals surface area (Å²) in [5.41, 5.74) is 0.327. The van der Waals surface area contributed by atoms with Gasteiger partial charge in [-0.15, -0.1) is 0 Å². The molecule has 2 atom stereocenters. The number of halogens is 5. The van der Waals surface area contributed by atoms with Crippen LogP contribution in [0.5, 0.6) is 5.75 Å². The third-order valence-electron chi connectivity index (χ3n) is 4.75. The Bertz CT molecular complexity index is 1040.